The Hall–Kier alpha value is -1.35. The second-order valence-corrected chi connectivity index (χ2v) is 4.37. The summed E-state index contributed by atoms with van der Waals surface area (Å²) >= 11 is 0. The minimum atomic E-state index is 0.132. The predicted molar refractivity (Wildman–Crippen MR) is 75.7 cm³/mol. The smallest absolute Gasteiger partial charge is 0.220 e. The van der Waals surface area contributed by atoms with Crippen molar-refractivity contribution in [2.75, 3.05) is 19.6 Å². The molecule has 0 unspecified atom stereocenters. The van der Waals surface area contributed by atoms with Crippen LogP contribution in [0.15, 0.2) is 24.3 Å². The molecule has 0 fully saturated rings. The number of hydrogen-bond donors (Lipinski definition) is 2. The molecule has 0 aliphatic rings. The Kier molecular flexibility index (Phi) is 7.11. The monoisotopic (exact) mass is 248 g/mol. The SMILES string of the molecule is CCNCCNC(=O)CCc1ccc(CC)cc1. The first-order valence-electron chi connectivity index (χ1n) is 6.81. The van der Waals surface area contributed by atoms with Crippen LogP contribution in [-0.4, -0.2) is 25.5 Å². The van der Waals surface area contributed by atoms with Gasteiger partial charge < -0.3 is 10.6 Å². The van der Waals surface area contributed by atoms with Gasteiger partial charge in [0.05, 0.1) is 0 Å². The fourth-order valence-electron chi connectivity index (χ4n) is 1.75. The lowest BCUT2D eigenvalue weighted by Crippen LogP contribution is -2.31. The third-order valence-corrected chi connectivity index (χ3v) is 2.95. The van der Waals surface area contributed by atoms with E-state index in [1.54, 1.807) is 0 Å². The average molecular weight is 248 g/mol. The van der Waals surface area contributed by atoms with Crippen molar-refractivity contribution < 1.29 is 4.79 Å². The molecule has 100 valence electrons. The minimum Gasteiger partial charge on any atom is -0.355 e. The van der Waals surface area contributed by atoms with E-state index in [2.05, 4.69) is 48.7 Å². The van der Waals surface area contributed by atoms with E-state index in [0.29, 0.717) is 13.0 Å². The maximum Gasteiger partial charge on any atom is 0.220 e. The summed E-state index contributed by atoms with van der Waals surface area (Å²) in [4.78, 5) is 11.6. The van der Waals surface area contributed by atoms with Crippen molar-refractivity contribution in [3.63, 3.8) is 0 Å². The largest absolute Gasteiger partial charge is 0.355 e. The third kappa shape index (κ3) is 5.82. The molecule has 1 aromatic rings. The molecule has 1 amide bonds. The number of hydrogen-bond acceptors (Lipinski definition) is 2. The normalized spacial score (nSPS) is 10.3. The van der Waals surface area contributed by atoms with Gasteiger partial charge >= 0.3 is 0 Å². The summed E-state index contributed by atoms with van der Waals surface area (Å²) in [7, 11) is 0. The topological polar surface area (TPSA) is 41.1 Å². The molecular formula is C15H24N2O. The number of rotatable bonds is 8. The molecule has 0 atom stereocenters. The van der Waals surface area contributed by atoms with Gasteiger partial charge in [-0.2, -0.15) is 0 Å². The van der Waals surface area contributed by atoms with Crippen LogP contribution >= 0.6 is 0 Å². The first-order chi connectivity index (χ1) is 8.76. The van der Waals surface area contributed by atoms with E-state index in [1.807, 2.05) is 0 Å². The number of amides is 1. The maximum absolute atomic E-state index is 11.6. The summed E-state index contributed by atoms with van der Waals surface area (Å²) in [5, 5.41) is 6.08. The number of likely N-dealkylation sites (N-methyl/N-ethyl adjacent to an activating group) is 1. The highest BCUT2D eigenvalue weighted by molar-refractivity contribution is 5.76. The van der Waals surface area contributed by atoms with Crippen LogP contribution in [0.5, 0.6) is 0 Å². The molecule has 0 heterocycles. The van der Waals surface area contributed by atoms with E-state index in [1.165, 1.54) is 11.1 Å². The highest BCUT2D eigenvalue weighted by Crippen LogP contribution is 2.07. The molecule has 0 radical (unpaired) electrons. The number of carbonyl (C=O) groups excluding carboxylic acids is 1. The molecule has 0 spiro atoms. The Bertz CT molecular complexity index is 346. The van der Waals surface area contributed by atoms with E-state index in [0.717, 1.165) is 25.9 Å². The van der Waals surface area contributed by atoms with Gasteiger partial charge in [0.2, 0.25) is 5.91 Å². The Balaban J connectivity index is 2.20. The molecule has 3 nitrogen and oxygen atoms in total. The van der Waals surface area contributed by atoms with Crippen molar-refractivity contribution in [1.29, 1.82) is 0 Å². The first-order valence-corrected chi connectivity index (χ1v) is 6.81. The molecule has 0 aliphatic heterocycles. The maximum atomic E-state index is 11.6. The van der Waals surface area contributed by atoms with Crippen molar-refractivity contribution in [3.8, 4) is 0 Å². The average Bonchev–Trinajstić information content (AvgIpc) is 2.42. The lowest BCUT2D eigenvalue weighted by molar-refractivity contribution is -0.121. The van der Waals surface area contributed by atoms with Gasteiger partial charge in [0.15, 0.2) is 0 Å². The highest BCUT2D eigenvalue weighted by atomic mass is 16.1. The summed E-state index contributed by atoms with van der Waals surface area (Å²) in [6.45, 7) is 6.70. The standard InChI is InChI=1S/C15H24N2O/c1-3-13-5-7-14(8-6-13)9-10-15(18)17-12-11-16-4-2/h5-8,16H,3-4,9-12H2,1-2H3,(H,17,18). The molecule has 3 heteroatoms. The predicted octanol–water partition coefficient (Wildman–Crippen LogP) is 1.91. The molecule has 0 saturated carbocycles. The lowest BCUT2D eigenvalue weighted by atomic mass is 10.1. The molecule has 0 aliphatic carbocycles. The van der Waals surface area contributed by atoms with E-state index >= 15 is 0 Å². The van der Waals surface area contributed by atoms with Crippen LogP contribution in [0.1, 0.15) is 31.4 Å². The van der Waals surface area contributed by atoms with Crippen molar-refractivity contribution in [3.05, 3.63) is 35.4 Å². The van der Waals surface area contributed by atoms with E-state index in [9.17, 15) is 4.79 Å². The zero-order valence-electron chi connectivity index (χ0n) is 11.5. The van der Waals surface area contributed by atoms with Gasteiger partial charge in [0.1, 0.15) is 0 Å². The fraction of sp³-hybridized carbons (Fsp3) is 0.533. The quantitative estimate of drug-likeness (QED) is 0.690. The van der Waals surface area contributed by atoms with Crippen LogP contribution < -0.4 is 10.6 Å². The molecular weight excluding hydrogens is 224 g/mol. The summed E-state index contributed by atoms with van der Waals surface area (Å²) < 4.78 is 0. The number of benzene rings is 1. The summed E-state index contributed by atoms with van der Waals surface area (Å²) in [5.74, 6) is 0.132. The van der Waals surface area contributed by atoms with Gasteiger partial charge in [-0.15, -0.1) is 0 Å². The van der Waals surface area contributed by atoms with Gasteiger partial charge in [-0.3, -0.25) is 4.79 Å². The zero-order valence-corrected chi connectivity index (χ0v) is 11.5. The van der Waals surface area contributed by atoms with Crippen LogP contribution in [-0.2, 0) is 17.6 Å². The van der Waals surface area contributed by atoms with Crippen molar-refractivity contribution >= 4 is 5.91 Å². The zero-order chi connectivity index (χ0) is 13.2. The first kappa shape index (κ1) is 14.7. The van der Waals surface area contributed by atoms with Gasteiger partial charge in [-0.25, -0.2) is 0 Å². The van der Waals surface area contributed by atoms with Gasteiger partial charge in [-0.1, -0.05) is 38.1 Å². The van der Waals surface area contributed by atoms with Gasteiger partial charge in [0, 0.05) is 19.5 Å². The van der Waals surface area contributed by atoms with Crippen molar-refractivity contribution in [2.24, 2.45) is 0 Å². The van der Waals surface area contributed by atoms with Gasteiger partial charge in [-0.05, 0) is 30.5 Å². The van der Waals surface area contributed by atoms with Crippen LogP contribution in [0.3, 0.4) is 0 Å². The van der Waals surface area contributed by atoms with Gasteiger partial charge in [0.25, 0.3) is 0 Å². The fourth-order valence-corrected chi connectivity index (χ4v) is 1.75. The van der Waals surface area contributed by atoms with Crippen molar-refractivity contribution in [1.82, 2.24) is 10.6 Å². The summed E-state index contributed by atoms with van der Waals surface area (Å²) in [6.07, 6.45) is 2.44. The van der Waals surface area contributed by atoms with Crippen LogP contribution in [0.2, 0.25) is 0 Å². The molecule has 0 bridgehead atoms. The molecule has 2 N–H and O–H groups in total. The van der Waals surface area contributed by atoms with Crippen LogP contribution in [0.25, 0.3) is 0 Å². The summed E-state index contributed by atoms with van der Waals surface area (Å²) in [6, 6.07) is 8.51. The highest BCUT2D eigenvalue weighted by Gasteiger charge is 2.01. The second kappa shape index (κ2) is 8.70. The number of aryl methyl sites for hydroxylation is 2. The molecule has 18 heavy (non-hydrogen) atoms. The Morgan fingerprint density at radius 3 is 2.33 bits per heavy atom. The lowest BCUT2D eigenvalue weighted by Gasteiger charge is -2.06. The van der Waals surface area contributed by atoms with Crippen LogP contribution in [0, 0.1) is 0 Å². The molecule has 0 aromatic heterocycles. The second-order valence-electron chi connectivity index (χ2n) is 4.37. The van der Waals surface area contributed by atoms with E-state index in [-0.39, 0.29) is 5.91 Å². The molecule has 0 saturated heterocycles. The Morgan fingerprint density at radius 1 is 1.06 bits per heavy atom. The molecule has 1 rings (SSSR count). The van der Waals surface area contributed by atoms with E-state index in [4.69, 9.17) is 0 Å². The minimum absolute atomic E-state index is 0.132. The molecule has 1 aromatic carbocycles. The Morgan fingerprint density at radius 2 is 1.72 bits per heavy atom. The summed E-state index contributed by atoms with van der Waals surface area (Å²) in [5.41, 5.74) is 2.57. The number of nitrogens with one attached hydrogen (secondary N) is 2. The third-order valence-electron chi connectivity index (χ3n) is 2.95. The van der Waals surface area contributed by atoms with Crippen molar-refractivity contribution in [2.45, 2.75) is 33.1 Å². The Labute approximate surface area is 110 Å². The van der Waals surface area contributed by atoms with Crippen LogP contribution in [0.4, 0.5) is 0 Å². The van der Waals surface area contributed by atoms with E-state index < -0.39 is 0 Å². The number of carbonyl (C=O) groups is 1.